The van der Waals surface area contributed by atoms with Crippen LogP contribution in [0.1, 0.15) is 31.6 Å². The van der Waals surface area contributed by atoms with Crippen LogP contribution in [-0.4, -0.2) is 32.0 Å². The van der Waals surface area contributed by atoms with Gasteiger partial charge in [0.05, 0.1) is 4.90 Å². The maximum Gasteiger partial charge on any atom is 0.242 e. The minimum atomic E-state index is -3.39. The lowest BCUT2D eigenvalue weighted by atomic mass is 10.2. The van der Waals surface area contributed by atoms with E-state index >= 15 is 0 Å². The van der Waals surface area contributed by atoms with Crippen LogP contribution in [0.5, 0.6) is 0 Å². The van der Waals surface area contributed by atoms with E-state index in [0.717, 1.165) is 29.2 Å². The zero-order valence-corrected chi connectivity index (χ0v) is 14.3. The van der Waals surface area contributed by atoms with Crippen molar-refractivity contribution in [1.29, 1.82) is 0 Å². The lowest BCUT2D eigenvalue weighted by Gasteiger charge is -2.22. The Morgan fingerprint density at radius 3 is 2.90 bits per heavy atom. The molecule has 0 aliphatic carbocycles. The summed E-state index contributed by atoms with van der Waals surface area (Å²) in [7, 11) is -3.39. The minimum absolute atomic E-state index is 0.0737. The van der Waals surface area contributed by atoms with Crippen molar-refractivity contribution in [3.8, 4) is 0 Å². The molecule has 114 valence electrons. The highest BCUT2D eigenvalue weighted by atomic mass is 32.2. The van der Waals surface area contributed by atoms with Crippen molar-refractivity contribution in [2.24, 2.45) is 0 Å². The average molecular weight is 335 g/mol. The predicted octanol–water partition coefficient (Wildman–Crippen LogP) is 2.42. The van der Waals surface area contributed by atoms with Gasteiger partial charge in [0.15, 0.2) is 0 Å². The largest absolute Gasteiger partial charge is 0.310 e. The van der Waals surface area contributed by atoms with E-state index in [1.807, 2.05) is 17.1 Å². The number of sulfonamides is 1. The number of hydrogen-bond acceptors (Lipinski definition) is 5. The van der Waals surface area contributed by atoms with Crippen LogP contribution in [0, 0.1) is 0 Å². The van der Waals surface area contributed by atoms with Gasteiger partial charge in [0.2, 0.25) is 10.0 Å². The minimum Gasteiger partial charge on any atom is -0.310 e. The number of nitrogens with one attached hydrogen (secondary N) is 2. The first-order valence-corrected chi connectivity index (χ1v) is 10.4. The lowest BCUT2D eigenvalue weighted by molar-refractivity contribution is 0.540. The summed E-state index contributed by atoms with van der Waals surface area (Å²) in [6.45, 7) is 4.71. The molecule has 0 amide bonds. The fraction of sp³-hybridized carbons (Fsp3) is 0.692. The molecule has 1 aromatic rings. The molecule has 1 saturated heterocycles. The number of thiophene rings is 1. The summed E-state index contributed by atoms with van der Waals surface area (Å²) >= 11 is 3.32. The highest BCUT2D eigenvalue weighted by Crippen LogP contribution is 2.24. The van der Waals surface area contributed by atoms with Gasteiger partial charge in [-0.05, 0) is 30.0 Å². The highest BCUT2D eigenvalue weighted by Gasteiger charge is 2.24. The summed E-state index contributed by atoms with van der Waals surface area (Å²) in [5, 5.41) is 5.13. The summed E-state index contributed by atoms with van der Waals surface area (Å²) in [6.07, 6.45) is 2.03. The summed E-state index contributed by atoms with van der Waals surface area (Å²) < 4.78 is 27.8. The van der Waals surface area contributed by atoms with Gasteiger partial charge in [-0.3, -0.25) is 0 Å². The normalized spacial score (nSPS) is 20.4. The van der Waals surface area contributed by atoms with Crippen LogP contribution < -0.4 is 10.0 Å². The first kappa shape index (κ1) is 16.3. The molecule has 1 aromatic heterocycles. The van der Waals surface area contributed by atoms with Crippen molar-refractivity contribution in [1.82, 2.24) is 10.0 Å². The van der Waals surface area contributed by atoms with E-state index in [1.54, 1.807) is 6.07 Å². The molecular weight excluding hydrogens is 312 g/mol. The maximum absolute atomic E-state index is 12.5. The first-order valence-electron chi connectivity index (χ1n) is 6.89. The van der Waals surface area contributed by atoms with Crippen LogP contribution in [0.4, 0.5) is 0 Å². The predicted molar refractivity (Wildman–Crippen MR) is 87.0 cm³/mol. The topological polar surface area (TPSA) is 58.2 Å². The van der Waals surface area contributed by atoms with Crippen molar-refractivity contribution in [2.75, 3.05) is 11.5 Å². The highest BCUT2D eigenvalue weighted by molar-refractivity contribution is 7.99. The average Bonchev–Trinajstić information content (AvgIpc) is 2.86. The second kappa shape index (κ2) is 7.26. The third-order valence-corrected chi connectivity index (χ3v) is 7.02. The molecular formula is C13H22N2O2S3. The van der Waals surface area contributed by atoms with Crippen molar-refractivity contribution < 1.29 is 8.42 Å². The Bertz CT molecular complexity index is 519. The molecule has 20 heavy (non-hydrogen) atoms. The van der Waals surface area contributed by atoms with Crippen molar-refractivity contribution >= 4 is 33.1 Å². The van der Waals surface area contributed by atoms with Crippen LogP contribution >= 0.6 is 23.1 Å². The molecule has 2 rings (SSSR count). The molecule has 0 spiro atoms. The van der Waals surface area contributed by atoms with Gasteiger partial charge in [-0.15, -0.1) is 11.3 Å². The van der Waals surface area contributed by atoms with Crippen LogP contribution in [0.25, 0.3) is 0 Å². The monoisotopic (exact) mass is 334 g/mol. The van der Waals surface area contributed by atoms with E-state index < -0.39 is 10.0 Å². The van der Waals surface area contributed by atoms with Crippen molar-refractivity contribution in [3.05, 3.63) is 16.3 Å². The second-order valence-corrected chi connectivity index (χ2v) is 9.11. The Morgan fingerprint density at radius 1 is 1.45 bits per heavy atom. The van der Waals surface area contributed by atoms with Crippen molar-refractivity contribution in [3.63, 3.8) is 0 Å². The van der Waals surface area contributed by atoms with Gasteiger partial charge in [-0.2, -0.15) is 11.8 Å². The Morgan fingerprint density at radius 2 is 2.25 bits per heavy atom. The summed E-state index contributed by atoms with van der Waals surface area (Å²) in [6, 6.07) is 2.13. The van der Waals surface area contributed by atoms with Gasteiger partial charge >= 0.3 is 0 Å². The fourth-order valence-corrected chi connectivity index (χ4v) is 5.95. The SMILES string of the molecule is CC(C)NCc1sccc1S(=O)(=O)NC1CCCSC1. The Kier molecular flexibility index (Phi) is 5.92. The van der Waals surface area contributed by atoms with Gasteiger partial charge in [0.1, 0.15) is 0 Å². The molecule has 4 nitrogen and oxygen atoms in total. The third-order valence-electron chi connectivity index (χ3n) is 3.15. The third kappa shape index (κ3) is 4.46. The summed E-state index contributed by atoms with van der Waals surface area (Å²) in [5.41, 5.74) is 0. The summed E-state index contributed by atoms with van der Waals surface area (Å²) in [5.74, 6) is 2.02. The van der Waals surface area contributed by atoms with Gasteiger partial charge in [0.25, 0.3) is 0 Å². The molecule has 1 aliphatic rings. The fourth-order valence-electron chi connectivity index (χ4n) is 2.11. The molecule has 1 fully saturated rings. The van der Waals surface area contributed by atoms with E-state index in [9.17, 15) is 8.42 Å². The molecule has 1 unspecified atom stereocenters. The van der Waals surface area contributed by atoms with Gasteiger partial charge in [0, 0.05) is 29.3 Å². The van der Waals surface area contributed by atoms with Crippen molar-refractivity contribution in [2.45, 2.75) is 50.2 Å². The Hall–Kier alpha value is -0.0800. The molecule has 1 atom stereocenters. The molecule has 0 aromatic carbocycles. The maximum atomic E-state index is 12.5. The molecule has 2 heterocycles. The molecule has 0 radical (unpaired) electrons. The molecule has 0 saturated carbocycles. The molecule has 1 aliphatic heterocycles. The quantitative estimate of drug-likeness (QED) is 0.839. The van der Waals surface area contributed by atoms with E-state index in [-0.39, 0.29) is 6.04 Å². The van der Waals surface area contributed by atoms with Crippen LogP contribution in [0.2, 0.25) is 0 Å². The number of thioether (sulfide) groups is 1. The summed E-state index contributed by atoms with van der Waals surface area (Å²) in [4.78, 5) is 1.32. The lowest BCUT2D eigenvalue weighted by Crippen LogP contribution is -2.38. The Balaban J connectivity index is 2.06. The molecule has 2 N–H and O–H groups in total. The smallest absolute Gasteiger partial charge is 0.242 e. The van der Waals surface area contributed by atoms with E-state index in [0.29, 0.717) is 17.5 Å². The number of rotatable bonds is 6. The van der Waals surface area contributed by atoms with E-state index in [4.69, 9.17) is 0 Å². The first-order chi connectivity index (χ1) is 9.49. The van der Waals surface area contributed by atoms with E-state index in [1.165, 1.54) is 11.3 Å². The van der Waals surface area contributed by atoms with Gasteiger partial charge in [-0.1, -0.05) is 13.8 Å². The zero-order valence-electron chi connectivity index (χ0n) is 11.9. The zero-order chi connectivity index (χ0) is 14.6. The van der Waals surface area contributed by atoms with Crippen LogP contribution in [0.15, 0.2) is 16.3 Å². The standard InChI is InChI=1S/C13H22N2O2S3/c1-10(2)14-8-12-13(5-7-19-12)20(16,17)15-11-4-3-6-18-9-11/h5,7,10-11,14-15H,3-4,6,8-9H2,1-2H3. The number of hydrogen-bond donors (Lipinski definition) is 2. The van der Waals surface area contributed by atoms with Crippen LogP contribution in [-0.2, 0) is 16.6 Å². The second-order valence-electron chi connectivity index (χ2n) is 5.28. The molecule has 7 heteroatoms. The Labute approximate surface area is 129 Å². The van der Waals surface area contributed by atoms with E-state index in [2.05, 4.69) is 23.9 Å². The molecule has 0 bridgehead atoms. The van der Waals surface area contributed by atoms with Gasteiger partial charge < -0.3 is 5.32 Å². The van der Waals surface area contributed by atoms with Gasteiger partial charge in [-0.25, -0.2) is 13.1 Å². The van der Waals surface area contributed by atoms with Crippen LogP contribution in [0.3, 0.4) is 0 Å².